The number of fused-ring (bicyclic) bond motifs is 12. The van der Waals surface area contributed by atoms with E-state index in [9.17, 15) is 0 Å². The van der Waals surface area contributed by atoms with E-state index in [2.05, 4.69) is 176 Å². The standard InChI is InChI=1S/C58H34N2O2/c1-3-16-47-43(12-1)44-13-2-4-17-48(44)56-55(47)59-34-51(60-56)42-11-9-10-41(32-42)39-26-24-37(25-27-39)35-20-22-36(23-21-35)38-28-30-40(31-29-38)54-57-49(45-14-5-7-18-52(45)61-57)33-50-46-15-6-8-19-53(46)62-58(50)54/h1-34H. The first-order valence-electron chi connectivity index (χ1n) is 21.0. The van der Waals surface area contributed by atoms with Crippen molar-refractivity contribution in [1.29, 1.82) is 0 Å². The minimum absolute atomic E-state index is 0.843. The van der Waals surface area contributed by atoms with Crippen LogP contribution < -0.4 is 0 Å². The first-order valence-corrected chi connectivity index (χ1v) is 21.0. The predicted octanol–water partition coefficient (Wildman–Crippen LogP) is 16.1. The van der Waals surface area contributed by atoms with Gasteiger partial charge in [-0.15, -0.1) is 0 Å². The van der Waals surface area contributed by atoms with Crippen molar-refractivity contribution in [2.24, 2.45) is 0 Å². The second-order valence-electron chi connectivity index (χ2n) is 16.1. The summed E-state index contributed by atoms with van der Waals surface area (Å²) in [6.45, 7) is 0. The van der Waals surface area contributed by atoms with E-state index in [-0.39, 0.29) is 0 Å². The maximum absolute atomic E-state index is 6.54. The highest BCUT2D eigenvalue weighted by Gasteiger charge is 2.21. The normalized spacial score (nSPS) is 11.9. The number of hydrogen-bond donors (Lipinski definition) is 0. The van der Waals surface area contributed by atoms with Gasteiger partial charge in [0.1, 0.15) is 22.3 Å². The van der Waals surface area contributed by atoms with Crippen LogP contribution in [0, 0.1) is 0 Å². The van der Waals surface area contributed by atoms with Gasteiger partial charge in [0.05, 0.1) is 28.5 Å². The molecule has 10 aromatic carbocycles. The molecule has 0 amide bonds. The first kappa shape index (κ1) is 34.5. The highest BCUT2D eigenvalue weighted by molar-refractivity contribution is 6.24. The SMILES string of the molecule is c1cc(-c2ccc(-c3ccc(-c4ccc(-c5c6oc7ccccc7c6cc6c5oc5ccccc56)cc4)cc3)cc2)cc(-c2cnc3c4ccccc4c4ccccc4c3n2)c1. The molecule has 4 heteroatoms. The molecule has 288 valence electrons. The van der Waals surface area contributed by atoms with Crippen LogP contribution in [0.1, 0.15) is 0 Å². The van der Waals surface area contributed by atoms with Crippen LogP contribution in [0.3, 0.4) is 0 Å². The Hall–Kier alpha value is -8.34. The number of rotatable bonds is 5. The lowest BCUT2D eigenvalue weighted by molar-refractivity contribution is 0.658. The summed E-state index contributed by atoms with van der Waals surface area (Å²) in [6.07, 6.45) is 1.91. The molecule has 3 heterocycles. The molecule has 0 N–H and O–H groups in total. The van der Waals surface area contributed by atoms with Gasteiger partial charge in [0.15, 0.2) is 0 Å². The second-order valence-corrected chi connectivity index (χ2v) is 16.1. The quantitative estimate of drug-likeness (QED) is 0.163. The number of benzene rings is 10. The van der Waals surface area contributed by atoms with E-state index in [1.165, 1.54) is 21.9 Å². The van der Waals surface area contributed by atoms with Crippen LogP contribution in [0.2, 0.25) is 0 Å². The Kier molecular flexibility index (Phi) is 7.57. The number of para-hydroxylation sites is 2. The van der Waals surface area contributed by atoms with Crippen LogP contribution in [0.25, 0.3) is 132 Å². The van der Waals surface area contributed by atoms with Crippen LogP contribution >= 0.6 is 0 Å². The zero-order valence-corrected chi connectivity index (χ0v) is 33.3. The van der Waals surface area contributed by atoms with Gasteiger partial charge < -0.3 is 8.83 Å². The fourth-order valence-electron chi connectivity index (χ4n) is 9.46. The number of nitrogens with zero attached hydrogens (tertiary/aromatic N) is 2. The van der Waals surface area contributed by atoms with Crippen molar-refractivity contribution in [3.05, 3.63) is 206 Å². The van der Waals surface area contributed by atoms with E-state index < -0.39 is 0 Å². The van der Waals surface area contributed by atoms with E-state index in [1.54, 1.807) is 0 Å². The van der Waals surface area contributed by atoms with Crippen LogP contribution in [-0.2, 0) is 0 Å². The van der Waals surface area contributed by atoms with E-state index in [0.29, 0.717) is 0 Å². The zero-order chi connectivity index (χ0) is 40.7. The molecule has 0 unspecified atom stereocenters. The minimum atomic E-state index is 0.843. The summed E-state index contributed by atoms with van der Waals surface area (Å²) in [6, 6.07) is 70.6. The van der Waals surface area contributed by atoms with Crippen molar-refractivity contribution in [3.8, 4) is 55.8 Å². The number of aromatic nitrogens is 2. The summed E-state index contributed by atoms with van der Waals surface area (Å²) in [5, 5.41) is 9.02. The van der Waals surface area contributed by atoms with E-state index in [4.69, 9.17) is 18.8 Å². The summed E-state index contributed by atoms with van der Waals surface area (Å²) < 4.78 is 13.1. The van der Waals surface area contributed by atoms with Gasteiger partial charge in [-0.05, 0) is 74.0 Å². The van der Waals surface area contributed by atoms with Crippen molar-refractivity contribution >= 4 is 76.5 Å². The average molecular weight is 791 g/mol. The molecule has 0 radical (unpaired) electrons. The summed E-state index contributed by atoms with van der Waals surface area (Å²) in [4.78, 5) is 10.2. The lowest BCUT2D eigenvalue weighted by Crippen LogP contribution is -1.92. The molecule has 0 atom stereocenters. The van der Waals surface area contributed by atoms with Crippen molar-refractivity contribution in [2.75, 3.05) is 0 Å². The maximum Gasteiger partial charge on any atom is 0.147 e. The third-order valence-corrected chi connectivity index (χ3v) is 12.5. The Bertz CT molecular complexity index is 3770. The molecule has 0 saturated carbocycles. The van der Waals surface area contributed by atoms with Gasteiger partial charge in [-0.25, -0.2) is 4.98 Å². The highest BCUT2D eigenvalue weighted by atomic mass is 16.3. The third kappa shape index (κ3) is 5.40. The lowest BCUT2D eigenvalue weighted by Gasteiger charge is -2.11. The van der Waals surface area contributed by atoms with Crippen molar-refractivity contribution in [2.45, 2.75) is 0 Å². The van der Waals surface area contributed by atoms with E-state index in [0.717, 1.165) is 110 Å². The molecular weight excluding hydrogens is 757 g/mol. The van der Waals surface area contributed by atoms with Gasteiger partial charge in [0.25, 0.3) is 0 Å². The molecule has 0 spiro atoms. The van der Waals surface area contributed by atoms with Gasteiger partial charge in [0, 0.05) is 37.9 Å². The van der Waals surface area contributed by atoms with Gasteiger partial charge in [-0.3, -0.25) is 4.98 Å². The Labute approximate surface area is 356 Å². The van der Waals surface area contributed by atoms with Gasteiger partial charge in [-0.2, -0.15) is 0 Å². The molecule has 0 bridgehead atoms. The molecule has 0 aliphatic heterocycles. The number of hydrogen-bond acceptors (Lipinski definition) is 4. The Morgan fingerprint density at radius 1 is 0.290 bits per heavy atom. The summed E-state index contributed by atoms with van der Waals surface area (Å²) >= 11 is 0. The first-order chi connectivity index (χ1) is 30.7. The van der Waals surface area contributed by atoms with Crippen LogP contribution in [0.5, 0.6) is 0 Å². The van der Waals surface area contributed by atoms with E-state index in [1.807, 2.05) is 30.5 Å². The second kappa shape index (κ2) is 13.6. The topological polar surface area (TPSA) is 52.1 Å². The maximum atomic E-state index is 6.54. The Balaban J connectivity index is 0.789. The summed E-state index contributed by atoms with van der Waals surface area (Å²) in [5.74, 6) is 0. The van der Waals surface area contributed by atoms with Crippen LogP contribution in [0.4, 0.5) is 0 Å². The molecule has 0 aliphatic rings. The smallest absolute Gasteiger partial charge is 0.147 e. The molecule has 4 nitrogen and oxygen atoms in total. The molecule has 13 rings (SSSR count). The molecule has 0 aliphatic carbocycles. The van der Waals surface area contributed by atoms with Gasteiger partial charge in [-0.1, -0.05) is 176 Å². The predicted molar refractivity (Wildman–Crippen MR) is 256 cm³/mol. The van der Waals surface area contributed by atoms with Gasteiger partial charge >= 0.3 is 0 Å². The molecule has 3 aromatic heterocycles. The fourth-order valence-corrected chi connectivity index (χ4v) is 9.46. The fraction of sp³-hybridized carbons (Fsp3) is 0. The third-order valence-electron chi connectivity index (χ3n) is 12.5. The molecule has 0 saturated heterocycles. The van der Waals surface area contributed by atoms with Gasteiger partial charge in [0.2, 0.25) is 0 Å². The average Bonchev–Trinajstić information content (AvgIpc) is 3.91. The monoisotopic (exact) mass is 790 g/mol. The van der Waals surface area contributed by atoms with Crippen molar-refractivity contribution in [3.63, 3.8) is 0 Å². The largest absolute Gasteiger partial charge is 0.455 e. The molecule has 0 fully saturated rings. The number of furan rings is 2. The van der Waals surface area contributed by atoms with Crippen molar-refractivity contribution in [1.82, 2.24) is 9.97 Å². The Morgan fingerprint density at radius 3 is 1.24 bits per heavy atom. The highest BCUT2D eigenvalue weighted by Crippen LogP contribution is 2.45. The Morgan fingerprint density at radius 2 is 0.710 bits per heavy atom. The lowest BCUT2D eigenvalue weighted by atomic mass is 9.95. The van der Waals surface area contributed by atoms with E-state index >= 15 is 0 Å². The zero-order valence-electron chi connectivity index (χ0n) is 33.3. The molecule has 13 aromatic rings. The molecule has 62 heavy (non-hydrogen) atoms. The van der Waals surface area contributed by atoms with Crippen molar-refractivity contribution < 1.29 is 8.83 Å². The van der Waals surface area contributed by atoms with Crippen LogP contribution in [-0.4, -0.2) is 9.97 Å². The summed E-state index contributed by atoms with van der Waals surface area (Å²) in [7, 11) is 0. The summed E-state index contributed by atoms with van der Waals surface area (Å²) in [5.41, 5.74) is 16.1. The molecular formula is C58H34N2O2. The van der Waals surface area contributed by atoms with Crippen LogP contribution in [0.15, 0.2) is 215 Å². The minimum Gasteiger partial charge on any atom is -0.455 e.